The van der Waals surface area contributed by atoms with Gasteiger partial charge < -0.3 is 15.2 Å². The number of carbonyl (C=O) groups excluding carboxylic acids is 2. The molecule has 2 aromatic carbocycles. The van der Waals surface area contributed by atoms with Gasteiger partial charge in [-0.05, 0) is 58.2 Å². The van der Waals surface area contributed by atoms with E-state index >= 15 is 0 Å². The number of hydrogen-bond donors (Lipinski definition) is 3. The molecule has 148 valence electrons. The van der Waals surface area contributed by atoms with E-state index in [1.807, 2.05) is 6.92 Å². The van der Waals surface area contributed by atoms with Crippen LogP contribution in [0, 0.1) is 6.92 Å². The lowest BCUT2D eigenvalue weighted by molar-refractivity contribution is -0.124. The number of nitrogens with zero attached hydrogens (tertiary/aromatic N) is 1. The molecule has 28 heavy (non-hydrogen) atoms. The first-order valence-electron chi connectivity index (χ1n) is 8.24. The maximum Gasteiger partial charge on any atom is 0.240 e. The number of hydrogen-bond acceptors (Lipinski definition) is 5. The van der Waals surface area contributed by atoms with E-state index in [0.717, 1.165) is 5.56 Å². The summed E-state index contributed by atoms with van der Waals surface area (Å²) in [4.78, 5) is 23.8. The Hall–Kier alpha value is -2.58. The van der Waals surface area contributed by atoms with Crippen LogP contribution < -0.4 is 15.5 Å². The van der Waals surface area contributed by atoms with E-state index in [4.69, 9.17) is 16.3 Å². The van der Waals surface area contributed by atoms with Crippen LogP contribution in [0.25, 0.3) is 0 Å². The highest BCUT2D eigenvalue weighted by Gasteiger charge is 2.09. The third-order valence-corrected chi connectivity index (χ3v) is 4.72. The zero-order valence-corrected chi connectivity index (χ0v) is 17.6. The first-order valence-corrected chi connectivity index (χ1v) is 9.41. The Morgan fingerprint density at radius 3 is 2.64 bits per heavy atom. The Morgan fingerprint density at radius 2 is 1.96 bits per heavy atom. The van der Waals surface area contributed by atoms with Gasteiger partial charge in [0.05, 0.1) is 17.8 Å². The predicted octanol–water partition coefficient (Wildman–Crippen LogP) is 3.99. The van der Waals surface area contributed by atoms with E-state index in [2.05, 4.69) is 31.8 Å². The molecule has 0 spiro atoms. The number of amides is 2. The highest BCUT2D eigenvalue weighted by molar-refractivity contribution is 9.10. The van der Waals surface area contributed by atoms with Crippen molar-refractivity contribution in [1.29, 1.82) is 0 Å². The third-order valence-electron chi connectivity index (χ3n) is 3.71. The summed E-state index contributed by atoms with van der Waals surface area (Å²) in [5.74, 6) is -0.455. The van der Waals surface area contributed by atoms with Gasteiger partial charge in [0.25, 0.3) is 0 Å². The molecule has 0 bridgehead atoms. The number of phenols is 1. The van der Waals surface area contributed by atoms with Crippen LogP contribution in [0.2, 0.25) is 5.02 Å². The summed E-state index contributed by atoms with van der Waals surface area (Å²) in [5, 5.41) is 16.8. The molecule has 0 saturated carbocycles. The van der Waals surface area contributed by atoms with E-state index in [9.17, 15) is 14.7 Å². The van der Waals surface area contributed by atoms with Gasteiger partial charge in [0.1, 0.15) is 0 Å². The minimum absolute atomic E-state index is 0.00539. The fourth-order valence-corrected chi connectivity index (χ4v) is 2.82. The minimum atomic E-state index is -0.404. The van der Waals surface area contributed by atoms with Crippen molar-refractivity contribution in [2.75, 3.05) is 12.4 Å². The third kappa shape index (κ3) is 6.24. The molecule has 0 unspecified atom stereocenters. The van der Waals surface area contributed by atoms with Gasteiger partial charge in [0.2, 0.25) is 11.8 Å². The van der Waals surface area contributed by atoms with E-state index in [1.54, 1.807) is 30.3 Å². The number of hydrazone groups is 1. The van der Waals surface area contributed by atoms with Gasteiger partial charge in [-0.3, -0.25) is 9.59 Å². The number of anilines is 1. The lowest BCUT2D eigenvalue weighted by Gasteiger charge is -2.07. The van der Waals surface area contributed by atoms with Crippen molar-refractivity contribution in [1.82, 2.24) is 5.43 Å². The van der Waals surface area contributed by atoms with Crippen molar-refractivity contribution in [3.05, 3.63) is 51.0 Å². The number of rotatable bonds is 7. The fourth-order valence-electron chi connectivity index (χ4n) is 2.18. The fraction of sp³-hybridized carbons (Fsp3) is 0.211. The van der Waals surface area contributed by atoms with Crippen molar-refractivity contribution in [2.45, 2.75) is 19.8 Å². The molecular formula is C19H19BrClN3O4. The molecule has 2 rings (SSSR count). The molecule has 0 aliphatic rings. The van der Waals surface area contributed by atoms with Crippen LogP contribution in [0.4, 0.5) is 5.69 Å². The number of phenolic OH excluding ortho intramolecular Hbond substituents is 1. The largest absolute Gasteiger partial charge is 0.503 e. The molecule has 7 nitrogen and oxygen atoms in total. The molecule has 0 aliphatic heterocycles. The van der Waals surface area contributed by atoms with Gasteiger partial charge >= 0.3 is 0 Å². The number of aryl methyl sites for hydroxylation is 1. The predicted molar refractivity (Wildman–Crippen MR) is 112 cm³/mol. The number of methoxy groups -OCH3 is 1. The standard InChI is InChI=1S/C19H19BrClN3O4/c1-11-3-4-13(9-15(11)21)23-17(25)5-6-18(26)24-22-10-12-7-14(20)19(27)16(8-12)28-2/h3-4,7-10,27H,5-6H2,1-2H3,(H,23,25)(H,24,26). The van der Waals surface area contributed by atoms with Gasteiger partial charge in [0, 0.05) is 23.6 Å². The second kappa shape index (κ2) is 10.1. The molecule has 0 fully saturated rings. The highest BCUT2D eigenvalue weighted by Crippen LogP contribution is 2.34. The van der Waals surface area contributed by atoms with Crippen molar-refractivity contribution in [3.63, 3.8) is 0 Å². The average molecular weight is 469 g/mol. The summed E-state index contributed by atoms with van der Waals surface area (Å²) in [6.45, 7) is 1.87. The Morgan fingerprint density at radius 1 is 1.25 bits per heavy atom. The summed E-state index contributed by atoms with van der Waals surface area (Å²) in [6, 6.07) is 8.39. The molecular weight excluding hydrogens is 450 g/mol. The molecule has 3 N–H and O–H groups in total. The van der Waals surface area contributed by atoms with Crippen LogP contribution in [-0.4, -0.2) is 30.2 Å². The number of benzene rings is 2. The SMILES string of the molecule is COc1cc(C=NNC(=O)CCC(=O)Nc2ccc(C)c(Cl)c2)cc(Br)c1O. The Labute approximate surface area is 175 Å². The molecule has 0 saturated heterocycles. The van der Waals surface area contributed by atoms with Crippen LogP contribution in [0.1, 0.15) is 24.0 Å². The summed E-state index contributed by atoms with van der Waals surface area (Å²) in [6.07, 6.45) is 1.38. The van der Waals surface area contributed by atoms with Crippen molar-refractivity contribution < 1.29 is 19.4 Å². The highest BCUT2D eigenvalue weighted by atomic mass is 79.9. The van der Waals surface area contributed by atoms with Crippen LogP contribution in [0.5, 0.6) is 11.5 Å². The van der Waals surface area contributed by atoms with Crippen molar-refractivity contribution in [3.8, 4) is 11.5 Å². The Kier molecular flexibility index (Phi) is 7.83. The smallest absolute Gasteiger partial charge is 0.240 e. The molecule has 2 aromatic rings. The van der Waals surface area contributed by atoms with Crippen LogP contribution in [0.3, 0.4) is 0 Å². The molecule has 0 radical (unpaired) electrons. The number of aromatic hydroxyl groups is 1. The average Bonchev–Trinajstić information content (AvgIpc) is 2.65. The van der Waals surface area contributed by atoms with Crippen LogP contribution in [-0.2, 0) is 9.59 Å². The van der Waals surface area contributed by atoms with E-state index in [-0.39, 0.29) is 30.2 Å². The molecule has 0 aliphatic carbocycles. The summed E-state index contributed by atoms with van der Waals surface area (Å²) < 4.78 is 5.48. The van der Waals surface area contributed by atoms with E-state index < -0.39 is 5.91 Å². The second-order valence-electron chi connectivity index (χ2n) is 5.86. The number of ether oxygens (including phenoxy) is 1. The normalized spacial score (nSPS) is 10.7. The molecule has 0 heterocycles. The van der Waals surface area contributed by atoms with Crippen LogP contribution >= 0.6 is 27.5 Å². The molecule has 0 aromatic heterocycles. The zero-order chi connectivity index (χ0) is 20.7. The minimum Gasteiger partial charge on any atom is -0.503 e. The first-order chi connectivity index (χ1) is 13.3. The topological polar surface area (TPSA) is 100 Å². The summed E-state index contributed by atoms with van der Waals surface area (Å²) in [7, 11) is 1.43. The van der Waals surface area contributed by atoms with Crippen molar-refractivity contribution >= 4 is 51.2 Å². The maximum absolute atomic E-state index is 11.9. The quantitative estimate of drug-likeness (QED) is 0.422. The van der Waals surface area contributed by atoms with E-state index in [0.29, 0.717) is 20.7 Å². The lowest BCUT2D eigenvalue weighted by atomic mass is 10.2. The summed E-state index contributed by atoms with van der Waals surface area (Å²) >= 11 is 9.22. The van der Waals surface area contributed by atoms with Crippen LogP contribution in [0.15, 0.2) is 39.9 Å². The molecule has 0 atom stereocenters. The van der Waals surface area contributed by atoms with Gasteiger partial charge in [-0.15, -0.1) is 0 Å². The Balaban J connectivity index is 1.82. The van der Waals surface area contributed by atoms with Gasteiger partial charge in [-0.2, -0.15) is 5.10 Å². The van der Waals surface area contributed by atoms with Gasteiger partial charge in [-0.1, -0.05) is 17.7 Å². The Bertz CT molecular complexity index is 918. The van der Waals surface area contributed by atoms with Gasteiger partial charge in [-0.25, -0.2) is 5.43 Å². The van der Waals surface area contributed by atoms with Gasteiger partial charge in [0.15, 0.2) is 11.5 Å². The first kappa shape index (κ1) is 21.7. The van der Waals surface area contributed by atoms with Crippen molar-refractivity contribution in [2.24, 2.45) is 5.10 Å². The maximum atomic E-state index is 11.9. The van der Waals surface area contributed by atoms with E-state index in [1.165, 1.54) is 13.3 Å². The molecule has 2 amide bonds. The second-order valence-corrected chi connectivity index (χ2v) is 7.12. The molecule has 9 heteroatoms. The summed E-state index contributed by atoms with van der Waals surface area (Å²) in [5.41, 5.74) is 4.44. The number of nitrogens with one attached hydrogen (secondary N) is 2. The zero-order valence-electron chi connectivity index (χ0n) is 15.3. The number of carbonyl (C=O) groups is 2. The monoisotopic (exact) mass is 467 g/mol. The lowest BCUT2D eigenvalue weighted by Crippen LogP contribution is -2.20. The number of halogens is 2.